The van der Waals surface area contributed by atoms with Crippen LogP contribution in [-0.4, -0.2) is 34.6 Å². The standard InChI is InChI=1S/C9H15NO5/c1-5(11)10-6(7(12)13)8(14)15-9(2,3)4/h6H,1-4H3,(H,10,11)(H,12,13). The van der Waals surface area contributed by atoms with Crippen molar-refractivity contribution in [1.82, 2.24) is 5.32 Å². The molecule has 0 radical (unpaired) electrons. The van der Waals surface area contributed by atoms with Crippen LogP contribution in [0.1, 0.15) is 27.7 Å². The molecule has 0 bridgehead atoms. The van der Waals surface area contributed by atoms with Gasteiger partial charge in [-0.2, -0.15) is 0 Å². The number of esters is 1. The number of hydrogen-bond acceptors (Lipinski definition) is 4. The average Bonchev–Trinajstić information content (AvgIpc) is 1.95. The summed E-state index contributed by atoms with van der Waals surface area (Å²) >= 11 is 0. The van der Waals surface area contributed by atoms with Crippen molar-refractivity contribution in [2.24, 2.45) is 0 Å². The van der Waals surface area contributed by atoms with Crippen LogP contribution in [-0.2, 0) is 19.1 Å². The van der Waals surface area contributed by atoms with Gasteiger partial charge in [-0.3, -0.25) is 4.79 Å². The second kappa shape index (κ2) is 4.77. The van der Waals surface area contributed by atoms with Crippen LogP contribution in [0.3, 0.4) is 0 Å². The van der Waals surface area contributed by atoms with E-state index in [1.54, 1.807) is 20.8 Å². The summed E-state index contributed by atoms with van der Waals surface area (Å²) in [6.45, 7) is 5.95. The van der Waals surface area contributed by atoms with Crippen molar-refractivity contribution in [1.29, 1.82) is 0 Å². The number of carbonyl (C=O) groups excluding carboxylic acids is 2. The molecule has 6 nitrogen and oxygen atoms in total. The first-order valence-corrected chi connectivity index (χ1v) is 4.36. The van der Waals surface area contributed by atoms with E-state index >= 15 is 0 Å². The van der Waals surface area contributed by atoms with Gasteiger partial charge in [-0.1, -0.05) is 0 Å². The minimum absolute atomic E-state index is 0.603. The smallest absolute Gasteiger partial charge is 0.340 e. The van der Waals surface area contributed by atoms with Crippen LogP contribution in [0.4, 0.5) is 0 Å². The highest BCUT2D eigenvalue weighted by Gasteiger charge is 2.31. The lowest BCUT2D eigenvalue weighted by molar-refractivity contribution is -0.164. The Balaban J connectivity index is 4.57. The monoisotopic (exact) mass is 217 g/mol. The molecule has 0 spiro atoms. The molecular weight excluding hydrogens is 202 g/mol. The molecule has 0 fully saturated rings. The number of carboxylic acids is 1. The predicted molar refractivity (Wildman–Crippen MR) is 51.1 cm³/mol. The molecule has 0 heterocycles. The van der Waals surface area contributed by atoms with E-state index in [1.165, 1.54) is 0 Å². The summed E-state index contributed by atoms with van der Waals surface area (Å²) in [6.07, 6.45) is 0. The van der Waals surface area contributed by atoms with Crippen LogP contribution in [0.5, 0.6) is 0 Å². The van der Waals surface area contributed by atoms with E-state index in [1.807, 2.05) is 5.32 Å². The molecule has 1 atom stereocenters. The first kappa shape index (κ1) is 13.4. The van der Waals surface area contributed by atoms with Gasteiger partial charge >= 0.3 is 11.9 Å². The number of amides is 1. The van der Waals surface area contributed by atoms with E-state index in [0.29, 0.717) is 0 Å². The second-order valence-corrected chi connectivity index (χ2v) is 4.01. The van der Waals surface area contributed by atoms with Crippen molar-refractivity contribution in [3.05, 3.63) is 0 Å². The van der Waals surface area contributed by atoms with Gasteiger partial charge in [0, 0.05) is 6.92 Å². The number of carboxylic acid groups (broad SMARTS) is 1. The number of aliphatic carboxylic acids is 1. The Morgan fingerprint density at radius 2 is 1.73 bits per heavy atom. The van der Waals surface area contributed by atoms with Gasteiger partial charge in [0.1, 0.15) is 5.60 Å². The zero-order valence-electron chi connectivity index (χ0n) is 9.16. The molecule has 0 aliphatic rings. The van der Waals surface area contributed by atoms with Crippen LogP contribution in [0.2, 0.25) is 0 Å². The molecule has 0 aromatic heterocycles. The van der Waals surface area contributed by atoms with Gasteiger partial charge in [0.2, 0.25) is 11.9 Å². The first-order valence-electron chi connectivity index (χ1n) is 4.36. The van der Waals surface area contributed by atoms with Crippen molar-refractivity contribution in [3.63, 3.8) is 0 Å². The van der Waals surface area contributed by atoms with Crippen molar-refractivity contribution in [3.8, 4) is 0 Å². The van der Waals surface area contributed by atoms with E-state index in [0.717, 1.165) is 6.92 Å². The van der Waals surface area contributed by atoms with E-state index in [4.69, 9.17) is 9.84 Å². The Morgan fingerprint density at radius 3 is 2.00 bits per heavy atom. The number of rotatable bonds is 3. The summed E-state index contributed by atoms with van der Waals surface area (Å²) < 4.78 is 4.83. The first-order chi connectivity index (χ1) is 6.63. The van der Waals surface area contributed by atoms with E-state index in [-0.39, 0.29) is 0 Å². The molecule has 1 amide bonds. The third-order valence-electron chi connectivity index (χ3n) is 1.24. The zero-order chi connectivity index (χ0) is 12.2. The molecule has 0 aromatic carbocycles. The van der Waals surface area contributed by atoms with Crippen molar-refractivity contribution >= 4 is 17.8 Å². The minimum atomic E-state index is -1.65. The van der Waals surface area contributed by atoms with Gasteiger partial charge in [-0.15, -0.1) is 0 Å². The van der Waals surface area contributed by atoms with Gasteiger partial charge in [-0.25, -0.2) is 9.59 Å². The highest BCUT2D eigenvalue weighted by atomic mass is 16.6. The van der Waals surface area contributed by atoms with Gasteiger partial charge in [0.05, 0.1) is 0 Å². The number of hydrogen-bond donors (Lipinski definition) is 2. The minimum Gasteiger partial charge on any atom is -0.479 e. The summed E-state index contributed by atoms with van der Waals surface area (Å²) in [7, 11) is 0. The molecule has 0 aliphatic carbocycles. The summed E-state index contributed by atoms with van der Waals surface area (Å²) in [5.41, 5.74) is -0.788. The van der Waals surface area contributed by atoms with Gasteiger partial charge < -0.3 is 15.2 Å². The molecule has 0 aliphatic heterocycles. The Morgan fingerprint density at radius 1 is 1.27 bits per heavy atom. The molecular formula is C9H15NO5. The number of ether oxygens (including phenoxy) is 1. The zero-order valence-corrected chi connectivity index (χ0v) is 9.16. The fourth-order valence-corrected chi connectivity index (χ4v) is 0.785. The summed E-state index contributed by atoms with van der Waals surface area (Å²) in [5, 5.41) is 10.7. The van der Waals surface area contributed by atoms with E-state index in [9.17, 15) is 14.4 Å². The Kier molecular flexibility index (Phi) is 4.26. The van der Waals surface area contributed by atoms with Crippen molar-refractivity contribution in [2.45, 2.75) is 39.3 Å². The topological polar surface area (TPSA) is 92.7 Å². The van der Waals surface area contributed by atoms with E-state index < -0.39 is 29.5 Å². The molecule has 1 unspecified atom stereocenters. The van der Waals surface area contributed by atoms with Crippen molar-refractivity contribution < 1.29 is 24.2 Å². The lowest BCUT2D eigenvalue weighted by atomic mass is 10.2. The molecule has 6 heteroatoms. The molecule has 0 saturated heterocycles. The summed E-state index contributed by atoms with van der Waals surface area (Å²) in [4.78, 5) is 32.6. The van der Waals surface area contributed by atoms with Crippen LogP contribution in [0.25, 0.3) is 0 Å². The Labute approximate surface area is 87.6 Å². The van der Waals surface area contributed by atoms with Crippen molar-refractivity contribution in [2.75, 3.05) is 0 Å². The van der Waals surface area contributed by atoms with E-state index in [2.05, 4.69) is 0 Å². The van der Waals surface area contributed by atoms with Crippen LogP contribution >= 0.6 is 0 Å². The number of carbonyl (C=O) groups is 3. The highest BCUT2D eigenvalue weighted by Crippen LogP contribution is 2.08. The second-order valence-electron chi connectivity index (χ2n) is 4.01. The quantitative estimate of drug-likeness (QED) is 0.509. The third kappa shape index (κ3) is 5.66. The maximum Gasteiger partial charge on any atom is 0.340 e. The molecule has 0 aromatic rings. The SMILES string of the molecule is CC(=O)NC(C(=O)O)C(=O)OC(C)(C)C. The molecule has 0 rings (SSSR count). The van der Waals surface area contributed by atoms with Gasteiger partial charge in [-0.05, 0) is 20.8 Å². The van der Waals surface area contributed by atoms with Crippen LogP contribution in [0, 0.1) is 0 Å². The molecule has 2 N–H and O–H groups in total. The summed E-state index contributed by atoms with van der Waals surface area (Å²) in [6, 6.07) is -1.65. The molecule has 0 saturated carbocycles. The van der Waals surface area contributed by atoms with Gasteiger partial charge in [0.25, 0.3) is 0 Å². The van der Waals surface area contributed by atoms with Crippen LogP contribution in [0.15, 0.2) is 0 Å². The maximum absolute atomic E-state index is 11.3. The lowest BCUT2D eigenvalue weighted by Crippen LogP contribution is -2.48. The third-order valence-corrected chi connectivity index (χ3v) is 1.24. The largest absolute Gasteiger partial charge is 0.479 e. The summed E-state index contributed by atoms with van der Waals surface area (Å²) in [5.74, 6) is -3.03. The highest BCUT2D eigenvalue weighted by molar-refractivity contribution is 6.01. The fraction of sp³-hybridized carbons (Fsp3) is 0.667. The Bertz CT molecular complexity index is 279. The Hall–Kier alpha value is -1.59. The number of nitrogens with one attached hydrogen (secondary N) is 1. The fourth-order valence-electron chi connectivity index (χ4n) is 0.785. The molecule has 15 heavy (non-hydrogen) atoms. The van der Waals surface area contributed by atoms with Crippen LogP contribution < -0.4 is 5.32 Å². The normalized spacial score (nSPS) is 12.8. The predicted octanol–water partition coefficient (Wildman–Crippen LogP) is -0.0826. The molecule has 86 valence electrons. The average molecular weight is 217 g/mol. The lowest BCUT2D eigenvalue weighted by Gasteiger charge is -2.22. The van der Waals surface area contributed by atoms with Gasteiger partial charge in [0.15, 0.2) is 0 Å². The maximum atomic E-state index is 11.3.